The number of nitrogens with one attached hydrogen (secondary N) is 2. The minimum absolute atomic E-state index is 0.0841. The molecule has 0 aliphatic rings. The number of amides is 1. The van der Waals surface area contributed by atoms with E-state index in [9.17, 15) is 19.2 Å². The number of carbonyl (C=O) groups is 2. The first kappa shape index (κ1) is 30.0. The van der Waals surface area contributed by atoms with Crippen LogP contribution in [0.2, 0.25) is 0 Å². The van der Waals surface area contributed by atoms with Gasteiger partial charge in [-0.3, -0.25) is 19.2 Å². The summed E-state index contributed by atoms with van der Waals surface area (Å²) < 4.78 is 21.4. The first-order valence-electron chi connectivity index (χ1n) is 11.7. The maximum Gasteiger partial charge on any atom is 0.316 e. The summed E-state index contributed by atoms with van der Waals surface area (Å²) in [5.74, 6) is 0.415. The number of benzene rings is 2. The molecule has 0 fully saturated rings. The molecule has 2 aromatic carbocycles. The lowest BCUT2D eigenvalue weighted by Gasteiger charge is -2.12. The molecule has 0 aliphatic heterocycles. The predicted molar refractivity (Wildman–Crippen MR) is 140 cm³/mol. The molecule has 0 unspecified atom stereocenters. The van der Waals surface area contributed by atoms with E-state index in [1.54, 1.807) is 32.5 Å². The summed E-state index contributed by atoms with van der Waals surface area (Å²) in [4.78, 5) is 48.3. The summed E-state index contributed by atoms with van der Waals surface area (Å²) in [5, 5.41) is 2.59. The normalized spacial score (nSPS) is 10.3. The van der Waals surface area contributed by atoms with Gasteiger partial charge in [0.05, 0.1) is 20.8 Å². The van der Waals surface area contributed by atoms with Crippen LogP contribution in [-0.4, -0.2) is 56.0 Å². The highest BCUT2D eigenvalue weighted by Gasteiger charge is 2.16. The number of Topliss-reactive ketones (excluding diaryl/α,β-unsaturated/α-hetero) is 1. The Morgan fingerprint density at radius 2 is 1.42 bits per heavy atom. The second-order valence-electron chi connectivity index (χ2n) is 7.96. The average Bonchev–Trinajstić information content (AvgIpc) is 2.95. The van der Waals surface area contributed by atoms with E-state index in [0.29, 0.717) is 19.5 Å². The summed E-state index contributed by atoms with van der Waals surface area (Å²) in [5.41, 5.74) is 0.659. The van der Waals surface area contributed by atoms with Crippen LogP contribution in [0.3, 0.4) is 0 Å². The zero-order chi connectivity index (χ0) is 27.9. The van der Waals surface area contributed by atoms with Crippen molar-refractivity contribution in [2.45, 2.75) is 32.2 Å². The lowest BCUT2D eigenvalue weighted by molar-refractivity contribution is -0.140. The van der Waals surface area contributed by atoms with E-state index in [-0.39, 0.29) is 6.42 Å². The van der Waals surface area contributed by atoms with Gasteiger partial charge >= 0.3 is 11.1 Å². The Labute approximate surface area is 220 Å². The first-order chi connectivity index (χ1) is 18.3. The van der Waals surface area contributed by atoms with Crippen molar-refractivity contribution in [3.8, 4) is 11.5 Å². The van der Waals surface area contributed by atoms with Crippen LogP contribution in [0.5, 0.6) is 11.5 Å². The molecule has 204 valence electrons. The maximum absolute atomic E-state index is 11.7. The van der Waals surface area contributed by atoms with Crippen molar-refractivity contribution in [2.75, 3.05) is 28.4 Å². The Balaban J connectivity index is 0.000000272. The standard InChI is InChI=1S/C15H21NO5.C12H12N2O3/c1-19-12-6-4-11(5-7-12)10-16-15(18)13(17)8-9-14(20-2)21-3;1-17-10-4-2-9(3-5-10)8-14-7-6-13-11(15)12(14)16/h4-7,14H,8-10H2,1-3H3,(H,16,18);2-7H,8H2,1H3,(H,13,15). The van der Waals surface area contributed by atoms with Crippen molar-refractivity contribution in [2.24, 2.45) is 0 Å². The smallest absolute Gasteiger partial charge is 0.316 e. The van der Waals surface area contributed by atoms with Crippen LogP contribution in [0, 0.1) is 0 Å². The van der Waals surface area contributed by atoms with Gasteiger partial charge in [-0.25, -0.2) is 0 Å². The summed E-state index contributed by atoms with van der Waals surface area (Å²) >= 11 is 0. The third-order valence-electron chi connectivity index (χ3n) is 5.43. The number of ketones is 1. The van der Waals surface area contributed by atoms with Crippen LogP contribution in [0.1, 0.15) is 24.0 Å². The molecule has 11 heteroatoms. The Kier molecular flexibility index (Phi) is 12.5. The molecule has 1 amide bonds. The van der Waals surface area contributed by atoms with Crippen molar-refractivity contribution in [1.29, 1.82) is 0 Å². The van der Waals surface area contributed by atoms with Crippen molar-refractivity contribution in [3.05, 3.63) is 92.8 Å². The molecule has 0 saturated carbocycles. The molecule has 2 N–H and O–H groups in total. The number of hydrogen-bond acceptors (Lipinski definition) is 8. The van der Waals surface area contributed by atoms with Crippen LogP contribution in [0.15, 0.2) is 70.5 Å². The highest BCUT2D eigenvalue weighted by Crippen LogP contribution is 2.12. The first-order valence-corrected chi connectivity index (χ1v) is 11.7. The zero-order valence-electron chi connectivity index (χ0n) is 21.9. The molecule has 0 spiro atoms. The van der Waals surface area contributed by atoms with Gasteiger partial charge in [-0.15, -0.1) is 0 Å². The fourth-order valence-electron chi connectivity index (χ4n) is 3.23. The Hall–Kier alpha value is -4.22. The number of methoxy groups -OCH3 is 4. The third kappa shape index (κ3) is 9.68. The van der Waals surface area contributed by atoms with Gasteiger partial charge in [0.1, 0.15) is 11.5 Å². The number of ether oxygens (including phenoxy) is 4. The van der Waals surface area contributed by atoms with E-state index < -0.39 is 29.1 Å². The summed E-state index contributed by atoms with van der Waals surface area (Å²) in [6, 6.07) is 14.6. The van der Waals surface area contributed by atoms with Crippen LogP contribution in [0.4, 0.5) is 0 Å². The Bertz CT molecular complexity index is 1260. The topological polar surface area (TPSA) is 138 Å². The highest BCUT2D eigenvalue weighted by atomic mass is 16.7. The molecule has 1 aromatic heterocycles. The van der Waals surface area contributed by atoms with Gasteiger partial charge in [-0.05, 0) is 35.4 Å². The fraction of sp³-hybridized carbons (Fsp3) is 0.333. The average molecular weight is 528 g/mol. The Morgan fingerprint density at radius 3 is 1.95 bits per heavy atom. The molecule has 38 heavy (non-hydrogen) atoms. The van der Waals surface area contributed by atoms with Crippen LogP contribution in [0.25, 0.3) is 0 Å². The monoisotopic (exact) mass is 527 g/mol. The molecule has 0 atom stereocenters. The fourth-order valence-corrected chi connectivity index (χ4v) is 3.23. The molecular formula is C27H33N3O8. The van der Waals surface area contributed by atoms with Gasteiger partial charge in [0.25, 0.3) is 5.91 Å². The predicted octanol–water partition coefficient (Wildman–Crippen LogP) is 1.87. The van der Waals surface area contributed by atoms with Gasteiger partial charge in [0.2, 0.25) is 5.78 Å². The molecule has 0 aliphatic carbocycles. The van der Waals surface area contributed by atoms with Crippen molar-refractivity contribution in [3.63, 3.8) is 0 Å². The van der Waals surface area contributed by atoms with Gasteiger partial charge in [0, 0.05) is 46.0 Å². The van der Waals surface area contributed by atoms with E-state index in [2.05, 4.69) is 10.3 Å². The molecule has 3 rings (SSSR count). The number of rotatable bonds is 12. The molecule has 0 saturated heterocycles. The minimum atomic E-state index is -0.610. The number of carbonyl (C=O) groups excluding carboxylic acids is 2. The largest absolute Gasteiger partial charge is 0.497 e. The molecular weight excluding hydrogens is 494 g/mol. The number of hydrogen-bond donors (Lipinski definition) is 2. The van der Waals surface area contributed by atoms with Crippen LogP contribution < -0.4 is 25.9 Å². The Morgan fingerprint density at radius 1 is 0.868 bits per heavy atom. The lowest BCUT2D eigenvalue weighted by Crippen LogP contribution is -2.35. The quantitative estimate of drug-likeness (QED) is 0.269. The van der Waals surface area contributed by atoms with Crippen LogP contribution >= 0.6 is 0 Å². The number of nitrogens with zero attached hydrogens (tertiary/aromatic N) is 1. The van der Waals surface area contributed by atoms with Gasteiger partial charge in [0.15, 0.2) is 6.29 Å². The lowest BCUT2D eigenvalue weighted by atomic mass is 10.2. The molecule has 11 nitrogen and oxygen atoms in total. The van der Waals surface area contributed by atoms with Gasteiger partial charge < -0.3 is 33.8 Å². The molecule has 1 heterocycles. The zero-order valence-corrected chi connectivity index (χ0v) is 21.9. The van der Waals surface area contributed by atoms with Gasteiger partial charge in [-0.2, -0.15) is 0 Å². The number of aromatic nitrogens is 2. The minimum Gasteiger partial charge on any atom is -0.497 e. The number of H-pyrrole nitrogens is 1. The summed E-state index contributed by atoms with van der Waals surface area (Å²) in [6.07, 6.45) is 2.97. The van der Waals surface area contributed by atoms with E-state index in [4.69, 9.17) is 18.9 Å². The molecule has 3 aromatic rings. The van der Waals surface area contributed by atoms with Crippen molar-refractivity contribution >= 4 is 11.7 Å². The molecule has 0 bridgehead atoms. The summed E-state index contributed by atoms with van der Waals surface area (Å²) in [6.45, 7) is 0.666. The van der Waals surface area contributed by atoms with E-state index >= 15 is 0 Å². The van der Waals surface area contributed by atoms with Crippen LogP contribution in [-0.2, 0) is 32.2 Å². The van der Waals surface area contributed by atoms with E-state index in [1.165, 1.54) is 25.0 Å². The number of aromatic amines is 1. The van der Waals surface area contributed by atoms with Crippen molar-refractivity contribution < 1.29 is 28.5 Å². The van der Waals surface area contributed by atoms with E-state index in [1.807, 2.05) is 36.4 Å². The second-order valence-corrected chi connectivity index (χ2v) is 7.96. The second kappa shape index (κ2) is 15.8. The third-order valence-corrected chi connectivity index (χ3v) is 5.43. The highest BCUT2D eigenvalue weighted by molar-refractivity contribution is 6.36. The molecule has 0 radical (unpaired) electrons. The maximum atomic E-state index is 11.7. The SMILES string of the molecule is COc1ccc(CNC(=O)C(=O)CCC(OC)OC)cc1.COc1ccc(Cn2cc[nH]c(=O)c2=O)cc1. The van der Waals surface area contributed by atoms with E-state index in [0.717, 1.165) is 22.6 Å². The van der Waals surface area contributed by atoms with Gasteiger partial charge in [-0.1, -0.05) is 24.3 Å². The summed E-state index contributed by atoms with van der Waals surface area (Å²) in [7, 11) is 6.16. The van der Waals surface area contributed by atoms with Crippen molar-refractivity contribution in [1.82, 2.24) is 14.9 Å².